The fourth-order valence-electron chi connectivity index (χ4n) is 0.957. The third kappa shape index (κ3) is 7.90. The monoisotopic (exact) mass is 289 g/mol. The Morgan fingerprint density at radius 1 is 1.16 bits per heavy atom. The van der Waals surface area contributed by atoms with E-state index in [4.69, 9.17) is 14.8 Å². The van der Waals surface area contributed by atoms with E-state index in [1.165, 1.54) is 0 Å². The second-order valence-corrected chi connectivity index (χ2v) is 5.02. The molecular weight excluding hydrogens is 276 g/mol. The van der Waals surface area contributed by atoms with Crippen LogP contribution in [0.25, 0.3) is 0 Å². The first-order valence-electron chi connectivity index (χ1n) is 4.92. The van der Waals surface area contributed by atoms with Crippen LogP contribution in [0, 0.1) is 6.92 Å². The maximum Gasteiger partial charge on any atom is 0.325 e. The van der Waals surface area contributed by atoms with Crippen molar-refractivity contribution in [1.29, 1.82) is 0 Å². The predicted molar refractivity (Wildman–Crippen MR) is 66.1 cm³/mol. The number of carbonyl (C=O) groups is 2. The van der Waals surface area contributed by atoms with Gasteiger partial charge in [-0.2, -0.15) is 8.42 Å². The molecule has 0 aliphatic heterocycles. The van der Waals surface area contributed by atoms with E-state index in [0.717, 1.165) is 5.56 Å². The van der Waals surface area contributed by atoms with Crippen LogP contribution in [0.15, 0.2) is 30.3 Å². The van der Waals surface area contributed by atoms with Gasteiger partial charge in [0, 0.05) is 0 Å². The van der Waals surface area contributed by atoms with Gasteiger partial charge in [0.2, 0.25) is 0 Å². The van der Waals surface area contributed by atoms with Gasteiger partial charge in [0.15, 0.2) is 5.25 Å². The van der Waals surface area contributed by atoms with Gasteiger partial charge < -0.3 is 10.2 Å². The predicted octanol–water partition coefficient (Wildman–Crippen LogP) is 0.671. The molecule has 0 aromatic heterocycles. The Balaban J connectivity index is 0.000000388. The Kier molecular flexibility index (Phi) is 6.73. The zero-order chi connectivity index (χ0) is 15.1. The summed E-state index contributed by atoms with van der Waals surface area (Å²) in [5.41, 5.74) is 1.07. The quantitative estimate of drug-likeness (QED) is 0.694. The Hall–Kier alpha value is -1.93. The van der Waals surface area contributed by atoms with Crippen LogP contribution in [0.4, 0.5) is 0 Å². The maximum absolute atomic E-state index is 10.2. The standard InChI is InChI=1S/C7H7.C4H6O7S/c1-7-5-3-2-4-6-7;5-3(6)1-2(4(7)8)12(9,10)11/h2-6H,1H2;2H,1H2,(H,5,6)(H,7,8)(H,9,10,11). The second kappa shape index (κ2) is 7.49. The molecule has 0 saturated carbocycles. The van der Waals surface area contributed by atoms with E-state index in [9.17, 15) is 18.0 Å². The highest BCUT2D eigenvalue weighted by molar-refractivity contribution is 7.87. The molecule has 0 aliphatic rings. The summed E-state index contributed by atoms with van der Waals surface area (Å²) in [4.78, 5) is 20.0. The van der Waals surface area contributed by atoms with E-state index in [2.05, 4.69) is 6.92 Å². The summed E-state index contributed by atoms with van der Waals surface area (Å²) in [6, 6.07) is 9.87. The molecule has 105 valence electrons. The van der Waals surface area contributed by atoms with Crippen molar-refractivity contribution in [2.45, 2.75) is 11.7 Å². The van der Waals surface area contributed by atoms with Crippen LogP contribution < -0.4 is 0 Å². The highest BCUT2D eigenvalue weighted by Gasteiger charge is 2.33. The van der Waals surface area contributed by atoms with Crippen LogP contribution in [-0.2, 0) is 19.7 Å². The number of hydrogen-bond donors (Lipinski definition) is 3. The Labute approximate surface area is 110 Å². The molecule has 0 amide bonds. The zero-order valence-electron chi connectivity index (χ0n) is 9.76. The van der Waals surface area contributed by atoms with Crippen molar-refractivity contribution in [2.24, 2.45) is 0 Å². The molecule has 1 aromatic rings. The van der Waals surface area contributed by atoms with Crippen molar-refractivity contribution < 1.29 is 32.8 Å². The molecule has 0 bridgehead atoms. The Morgan fingerprint density at radius 2 is 1.63 bits per heavy atom. The van der Waals surface area contributed by atoms with Gasteiger partial charge in [-0.15, -0.1) is 0 Å². The molecule has 0 heterocycles. The average Bonchev–Trinajstić information content (AvgIpc) is 2.26. The van der Waals surface area contributed by atoms with Crippen LogP contribution >= 0.6 is 0 Å². The number of aliphatic carboxylic acids is 2. The van der Waals surface area contributed by atoms with Crippen LogP contribution in [0.5, 0.6) is 0 Å². The van der Waals surface area contributed by atoms with Gasteiger partial charge in [0.1, 0.15) is 0 Å². The van der Waals surface area contributed by atoms with Gasteiger partial charge in [0.25, 0.3) is 10.1 Å². The lowest BCUT2D eigenvalue weighted by Gasteiger charge is -2.04. The first-order valence-corrected chi connectivity index (χ1v) is 6.43. The van der Waals surface area contributed by atoms with E-state index < -0.39 is 33.7 Å². The summed E-state index contributed by atoms with van der Waals surface area (Å²) >= 11 is 0. The van der Waals surface area contributed by atoms with Gasteiger partial charge in [-0.3, -0.25) is 14.1 Å². The molecule has 1 unspecified atom stereocenters. The van der Waals surface area contributed by atoms with Crippen molar-refractivity contribution in [3.05, 3.63) is 42.8 Å². The number of carboxylic acid groups (broad SMARTS) is 2. The normalized spacial score (nSPS) is 11.9. The lowest BCUT2D eigenvalue weighted by molar-refractivity contribution is -0.143. The lowest BCUT2D eigenvalue weighted by atomic mass is 10.2. The van der Waals surface area contributed by atoms with Gasteiger partial charge in [-0.1, -0.05) is 30.3 Å². The molecule has 19 heavy (non-hydrogen) atoms. The summed E-state index contributed by atoms with van der Waals surface area (Å²) in [7, 11) is -4.84. The molecule has 3 N–H and O–H groups in total. The summed E-state index contributed by atoms with van der Waals surface area (Å²) < 4.78 is 28.7. The van der Waals surface area contributed by atoms with Gasteiger partial charge >= 0.3 is 11.9 Å². The third-order valence-corrected chi connectivity index (χ3v) is 2.93. The third-order valence-electron chi connectivity index (χ3n) is 1.84. The van der Waals surface area contributed by atoms with E-state index in [0.29, 0.717) is 0 Å². The molecule has 1 aromatic carbocycles. The van der Waals surface area contributed by atoms with Crippen LogP contribution in [-0.4, -0.2) is 40.4 Å². The van der Waals surface area contributed by atoms with Gasteiger partial charge in [0.05, 0.1) is 6.42 Å². The Morgan fingerprint density at radius 3 is 1.79 bits per heavy atom. The van der Waals surface area contributed by atoms with E-state index in [1.807, 2.05) is 30.3 Å². The van der Waals surface area contributed by atoms with E-state index in [-0.39, 0.29) is 0 Å². The Bertz CT molecular complexity index is 521. The molecule has 8 heteroatoms. The number of hydrogen-bond acceptors (Lipinski definition) is 4. The lowest BCUT2D eigenvalue weighted by Crippen LogP contribution is -2.31. The van der Waals surface area contributed by atoms with Crippen LogP contribution in [0.1, 0.15) is 12.0 Å². The van der Waals surface area contributed by atoms with Crippen molar-refractivity contribution in [3.8, 4) is 0 Å². The topological polar surface area (TPSA) is 129 Å². The maximum atomic E-state index is 10.2. The molecule has 1 atom stereocenters. The number of benzene rings is 1. The SMILES string of the molecule is O=C(O)CC(C(=O)O)S(=O)(=O)O.[CH2]c1ccccc1. The first kappa shape index (κ1) is 17.1. The van der Waals surface area contributed by atoms with Gasteiger partial charge in [-0.05, 0) is 12.5 Å². The van der Waals surface area contributed by atoms with Crippen molar-refractivity contribution in [3.63, 3.8) is 0 Å². The molecule has 1 rings (SSSR count). The number of rotatable bonds is 4. The molecular formula is C11H13O7S. The largest absolute Gasteiger partial charge is 0.481 e. The van der Waals surface area contributed by atoms with Gasteiger partial charge in [-0.25, -0.2) is 0 Å². The van der Waals surface area contributed by atoms with Crippen molar-refractivity contribution >= 4 is 22.1 Å². The van der Waals surface area contributed by atoms with Crippen LogP contribution in [0.3, 0.4) is 0 Å². The smallest absolute Gasteiger partial charge is 0.325 e. The summed E-state index contributed by atoms with van der Waals surface area (Å²) in [6.45, 7) is 3.72. The molecule has 0 aliphatic carbocycles. The minimum absolute atomic E-state index is 1.07. The summed E-state index contributed by atoms with van der Waals surface area (Å²) in [6.07, 6.45) is -1.16. The van der Waals surface area contributed by atoms with Crippen molar-refractivity contribution in [1.82, 2.24) is 0 Å². The zero-order valence-corrected chi connectivity index (χ0v) is 10.6. The molecule has 0 fully saturated rings. The fourth-order valence-corrected chi connectivity index (χ4v) is 1.56. The highest BCUT2D eigenvalue weighted by Crippen LogP contribution is 2.04. The van der Waals surface area contributed by atoms with E-state index >= 15 is 0 Å². The minimum Gasteiger partial charge on any atom is -0.481 e. The fraction of sp³-hybridized carbons (Fsp3) is 0.182. The second-order valence-electron chi connectivity index (χ2n) is 3.43. The van der Waals surface area contributed by atoms with Crippen molar-refractivity contribution in [2.75, 3.05) is 0 Å². The average molecular weight is 289 g/mol. The molecule has 0 spiro atoms. The minimum atomic E-state index is -4.84. The molecule has 1 radical (unpaired) electrons. The first-order chi connectivity index (χ1) is 8.64. The highest BCUT2D eigenvalue weighted by atomic mass is 32.2. The molecule has 0 saturated heterocycles. The van der Waals surface area contributed by atoms with E-state index in [1.54, 1.807) is 0 Å². The summed E-state index contributed by atoms with van der Waals surface area (Å²) in [5.74, 6) is -3.50. The number of carboxylic acids is 2. The summed E-state index contributed by atoms with van der Waals surface area (Å²) in [5, 5.41) is 13.9. The van der Waals surface area contributed by atoms with Crippen LogP contribution in [0.2, 0.25) is 0 Å². The molecule has 7 nitrogen and oxygen atoms in total.